The topological polar surface area (TPSA) is 69.4 Å². The molecule has 2 rings (SSSR count). The van der Waals surface area contributed by atoms with Crippen molar-refractivity contribution in [1.82, 2.24) is 0 Å². The van der Waals surface area contributed by atoms with Gasteiger partial charge in [0.15, 0.2) is 23.2 Å². The summed E-state index contributed by atoms with van der Waals surface area (Å²) < 4.78 is 66.5. The molecule has 0 bridgehead atoms. The lowest BCUT2D eigenvalue weighted by atomic mass is 10.2. The van der Waals surface area contributed by atoms with Gasteiger partial charge in [0.1, 0.15) is 13.2 Å². The Morgan fingerprint density at radius 1 is 1.21 bits per heavy atom. The van der Waals surface area contributed by atoms with Crippen LogP contribution in [0, 0.1) is 11.8 Å². The zero-order chi connectivity index (χ0) is 18.2. The Hall–Kier alpha value is -1.89. The van der Waals surface area contributed by atoms with Crippen molar-refractivity contribution >= 4 is 15.8 Å². The molecule has 5 nitrogen and oxygen atoms in total. The van der Waals surface area contributed by atoms with E-state index in [2.05, 4.69) is 23.3 Å². The number of hydrogen-bond donors (Lipinski definition) is 0. The van der Waals surface area contributed by atoms with Gasteiger partial charge in [-0.25, -0.2) is 13.0 Å². The summed E-state index contributed by atoms with van der Waals surface area (Å²) in [6, 6.07) is 10.1. The van der Waals surface area contributed by atoms with Crippen molar-refractivity contribution in [3.05, 3.63) is 35.9 Å². The van der Waals surface area contributed by atoms with Crippen LogP contribution in [0.5, 0.6) is 0 Å². The van der Waals surface area contributed by atoms with Gasteiger partial charge < -0.3 is 9.29 Å². The zero-order valence-corrected chi connectivity index (χ0v) is 13.7. The van der Waals surface area contributed by atoms with Crippen LogP contribution in [-0.2, 0) is 14.9 Å². The van der Waals surface area contributed by atoms with Crippen molar-refractivity contribution in [2.24, 2.45) is 0 Å². The van der Waals surface area contributed by atoms with Crippen molar-refractivity contribution < 1.29 is 35.5 Å². The van der Waals surface area contributed by atoms with Crippen LogP contribution in [0.4, 0.5) is 13.2 Å². The molecule has 0 aliphatic carbocycles. The highest BCUT2D eigenvalue weighted by Crippen LogP contribution is 2.20. The van der Waals surface area contributed by atoms with Gasteiger partial charge in [-0.3, -0.25) is 0 Å². The third kappa shape index (κ3) is 7.12. The molecule has 0 aromatic heterocycles. The molecule has 1 aliphatic rings. The van der Waals surface area contributed by atoms with Crippen molar-refractivity contribution in [3.8, 4) is 11.8 Å². The van der Waals surface area contributed by atoms with Crippen molar-refractivity contribution in [2.45, 2.75) is 12.4 Å². The van der Waals surface area contributed by atoms with Crippen LogP contribution in [0.25, 0.3) is 0 Å². The third-order valence-corrected chi connectivity index (χ3v) is 3.50. The molecule has 1 aromatic carbocycles. The molecule has 1 aliphatic heterocycles. The maximum absolute atomic E-state index is 10.7. The molecule has 0 atom stereocenters. The summed E-state index contributed by atoms with van der Waals surface area (Å²) in [7, 11) is -6.09. The molecule has 0 amide bonds. The Bertz CT molecular complexity index is 723. The monoisotopic (exact) mass is 363 g/mol. The molecule has 24 heavy (non-hydrogen) atoms. The fraction of sp³-hybridized carbons (Fsp3) is 0.400. The largest absolute Gasteiger partial charge is 0.741 e. The number of alkyl halides is 3. The normalized spacial score (nSPS) is 14.8. The maximum atomic E-state index is 10.7. The Labute approximate surface area is 138 Å². The lowest BCUT2D eigenvalue weighted by Gasteiger charge is -2.10. The van der Waals surface area contributed by atoms with Crippen LogP contribution in [0.2, 0.25) is 0 Å². The predicted octanol–water partition coefficient (Wildman–Crippen LogP) is 1.59. The van der Waals surface area contributed by atoms with Crippen LogP contribution in [0.3, 0.4) is 0 Å². The lowest BCUT2D eigenvalue weighted by Crippen LogP contribution is -2.31. The van der Waals surface area contributed by atoms with Crippen LogP contribution in [-0.4, -0.2) is 55.1 Å². The van der Waals surface area contributed by atoms with Gasteiger partial charge >= 0.3 is 5.51 Å². The summed E-state index contributed by atoms with van der Waals surface area (Å²) in [6.07, 6.45) is 0. The first kappa shape index (κ1) is 20.2. The van der Waals surface area contributed by atoms with E-state index < -0.39 is 15.6 Å². The summed E-state index contributed by atoms with van der Waals surface area (Å²) in [5, 5.41) is 0. The number of ether oxygens (including phenoxy) is 1. The molecule has 1 aromatic rings. The Kier molecular flexibility index (Phi) is 7.41. The zero-order valence-electron chi connectivity index (χ0n) is 12.8. The van der Waals surface area contributed by atoms with Crippen LogP contribution in [0.1, 0.15) is 12.5 Å². The maximum Gasteiger partial charge on any atom is 0.485 e. The highest BCUT2D eigenvalue weighted by Gasteiger charge is 2.36. The molecule has 0 radical (unpaired) electrons. The van der Waals surface area contributed by atoms with Gasteiger partial charge in [0.25, 0.3) is 0 Å². The van der Waals surface area contributed by atoms with E-state index in [9.17, 15) is 13.2 Å². The van der Waals surface area contributed by atoms with Crippen LogP contribution in [0.15, 0.2) is 30.3 Å². The number of rotatable bonds is 0. The first-order valence-corrected chi connectivity index (χ1v) is 8.27. The number of morpholine rings is 1. The smallest absolute Gasteiger partial charge is 0.485 e. The SMILES string of the molecule is CC(C#Cc1ccccc1)=[N+]1CCOCC1.O=S(=O)([O-])C(F)(F)F. The van der Waals surface area contributed by atoms with E-state index in [4.69, 9.17) is 17.7 Å². The molecule has 0 unspecified atom stereocenters. The van der Waals surface area contributed by atoms with E-state index in [-0.39, 0.29) is 0 Å². The lowest BCUT2D eigenvalue weighted by molar-refractivity contribution is -0.548. The molecule has 1 saturated heterocycles. The Morgan fingerprint density at radius 2 is 1.71 bits per heavy atom. The second-order valence-electron chi connectivity index (χ2n) is 4.70. The minimum absolute atomic E-state index is 0.810. The fourth-order valence-electron chi connectivity index (χ4n) is 1.66. The average Bonchev–Trinajstić information content (AvgIpc) is 2.53. The van der Waals surface area contributed by atoms with Crippen LogP contribution < -0.4 is 0 Å². The van der Waals surface area contributed by atoms with Crippen molar-refractivity contribution in [1.29, 1.82) is 0 Å². The van der Waals surface area contributed by atoms with E-state index in [0.717, 1.165) is 37.6 Å². The van der Waals surface area contributed by atoms with E-state index >= 15 is 0 Å². The third-order valence-electron chi connectivity index (χ3n) is 2.93. The molecule has 0 saturated carbocycles. The average molecular weight is 363 g/mol. The number of benzene rings is 1. The molecule has 1 heterocycles. The summed E-state index contributed by atoms with van der Waals surface area (Å²) in [5.74, 6) is 6.38. The van der Waals surface area contributed by atoms with Crippen LogP contribution >= 0.6 is 0 Å². The molecular formula is C15H16F3NO4S. The van der Waals surface area contributed by atoms with Gasteiger partial charge in [-0.05, 0) is 12.1 Å². The first-order chi connectivity index (χ1) is 11.1. The first-order valence-electron chi connectivity index (χ1n) is 6.87. The number of halogens is 3. The second kappa shape index (κ2) is 8.82. The van der Waals surface area contributed by atoms with Gasteiger partial charge in [-0.15, -0.1) is 0 Å². The van der Waals surface area contributed by atoms with Crippen molar-refractivity contribution in [2.75, 3.05) is 26.3 Å². The van der Waals surface area contributed by atoms with E-state index in [0.29, 0.717) is 0 Å². The molecule has 9 heteroatoms. The molecular weight excluding hydrogens is 347 g/mol. The minimum atomic E-state index is -6.09. The quantitative estimate of drug-likeness (QED) is 0.304. The highest BCUT2D eigenvalue weighted by atomic mass is 32.2. The Morgan fingerprint density at radius 3 is 2.17 bits per heavy atom. The van der Waals surface area contributed by atoms with Gasteiger partial charge in [-0.1, -0.05) is 24.1 Å². The van der Waals surface area contributed by atoms with E-state index in [1.165, 1.54) is 0 Å². The summed E-state index contributed by atoms with van der Waals surface area (Å²) in [5.41, 5.74) is -3.45. The van der Waals surface area contributed by atoms with E-state index in [1.54, 1.807) is 0 Å². The minimum Gasteiger partial charge on any atom is -0.741 e. The second-order valence-corrected chi connectivity index (χ2v) is 6.07. The standard InChI is InChI=1S/C14H16NO.CHF3O3S/c1-13(15-9-11-16-12-10-15)7-8-14-5-3-2-4-6-14;2-1(3,4)8(5,6)7/h2-6H,9-12H2,1H3;(H,5,6,7)/q+1;/p-1. The number of hydrogen-bond acceptors (Lipinski definition) is 4. The molecule has 0 spiro atoms. The Balaban J connectivity index is 0.000000307. The molecule has 1 fully saturated rings. The van der Waals surface area contributed by atoms with Gasteiger partial charge in [-0.2, -0.15) is 13.2 Å². The number of nitrogens with zero attached hydrogens (tertiary/aromatic N) is 1. The summed E-state index contributed by atoms with van der Waals surface area (Å²) in [4.78, 5) is 0. The van der Waals surface area contributed by atoms with E-state index in [1.807, 2.05) is 30.3 Å². The predicted molar refractivity (Wildman–Crippen MR) is 80.6 cm³/mol. The van der Waals surface area contributed by atoms with Gasteiger partial charge in [0, 0.05) is 18.4 Å². The van der Waals surface area contributed by atoms with Gasteiger partial charge in [0.2, 0.25) is 5.71 Å². The van der Waals surface area contributed by atoms with Gasteiger partial charge in [0.05, 0.1) is 0 Å². The molecule has 132 valence electrons. The summed E-state index contributed by atoms with van der Waals surface area (Å²) >= 11 is 0. The molecule has 0 N–H and O–H groups in total. The van der Waals surface area contributed by atoms with Crippen molar-refractivity contribution in [3.63, 3.8) is 0 Å². The highest BCUT2D eigenvalue weighted by molar-refractivity contribution is 7.86. The fourth-order valence-corrected chi connectivity index (χ4v) is 1.66. The summed E-state index contributed by atoms with van der Waals surface area (Å²) in [6.45, 7) is 5.60.